The van der Waals surface area contributed by atoms with Gasteiger partial charge in [0.2, 0.25) is 0 Å². The molecular weight excluding hydrogens is 316 g/mol. The fourth-order valence-corrected chi connectivity index (χ4v) is 2.12. The summed E-state index contributed by atoms with van der Waals surface area (Å²) in [6.45, 7) is 7.89. The monoisotopic (exact) mass is 344 g/mol. The molecule has 0 spiro atoms. The first kappa shape index (κ1) is 21.7. The van der Waals surface area contributed by atoms with Crippen LogP contribution in [0.1, 0.15) is 51.5 Å². The molecule has 1 aromatic rings. The van der Waals surface area contributed by atoms with Gasteiger partial charge >= 0.3 is 0 Å². The maximum atomic E-state index is 10.6. The Morgan fingerprint density at radius 2 is 1.83 bits per heavy atom. The minimum absolute atomic E-state index is 0. The lowest BCUT2D eigenvalue weighted by Gasteiger charge is -2.27. The van der Waals surface area contributed by atoms with Crippen LogP contribution in [0.15, 0.2) is 18.2 Å². The van der Waals surface area contributed by atoms with E-state index in [4.69, 9.17) is 4.74 Å². The van der Waals surface area contributed by atoms with Gasteiger partial charge in [-0.15, -0.1) is 12.4 Å². The van der Waals surface area contributed by atoms with Crippen molar-refractivity contribution in [2.75, 3.05) is 13.1 Å². The molecule has 0 atom stereocenters. The third-order valence-electron chi connectivity index (χ3n) is 3.62. The SMILES string of the molecule is CCCCCCC.Cc1cc(OC2CNC2)ccc1[N+](=O)[O-].Cl. The minimum atomic E-state index is -0.385. The number of nitrogens with one attached hydrogen (secondary N) is 1. The zero-order chi connectivity index (χ0) is 16.4. The van der Waals surface area contributed by atoms with E-state index < -0.39 is 0 Å². The molecule has 1 aliphatic rings. The number of nitrogens with zero attached hydrogens (tertiary/aromatic N) is 1. The number of halogens is 1. The van der Waals surface area contributed by atoms with Crippen LogP contribution in [-0.4, -0.2) is 24.1 Å². The van der Waals surface area contributed by atoms with Gasteiger partial charge in [0.05, 0.1) is 4.92 Å². The fraction of sp³-hybridized carbons (Fsp3) is 0.647. The predicted octanol–water partition coefficient (Wildman–Crippen LogP) is 4.65. The molecule has 5 nitrogen and oxygen atoms in total. The Hall–Kier alpha value is -1.33. The van der Waals surface area contributed by atoms with Gasteiger partial charge in [-0.2, -0.15) is 0 Å². The van der Waals surface area contributed by atoms with Gasteiger partial charge < -0.3 is 10.1 Å². The van der Waals surface area contributed by atoms with E-state index in [0.29, 0.717) is 11.3 Å². The van der Waals surface area contributed by atoms with Crippen LogP contribution < -0.4 is 10.1 Å². The van der Waals surface area contributed by atoms with Crippen molar-refractivity contribution >= 4 is 18.1 Å². The predicted molar refractivity (Wildman–Crippen MR) is 96.8 cm³/mol. The highest BCUT2D eigenvalue weighted by atomic mass is 35.5. The molecule has 6 heteroatoms. The van der Waals surface area contributed by atoms with E-state index in [0.717, 1.165) is 13.1 Å². The molecule has 1 N–H and O–H groups in total. The van der Waals surface area contributed by atoms with Crippen LogP contribution in [-0.2, 0) is 0 Å². The van der Waals surface area contributed by atoms with E-state index in [2.05, 4.69) is 19.2 Å². The van der Waals surface area contributed by atoms with Gasteiger partial charge in [0, 0.05) is 24.7 Å². The molecule has 23 heavy (non-hydrogen) atoms. The minimum Gasteiger partial charge on any atom is -0.488 e. The van der Waals surface area contributed by atoms with E-state index in [1.54, 1.807) is 19.1 Å². The summed E-state index contributed by atoms with van der Waals surface area (Å²) >= 11 is 0. The summed E-state index contributed by atoms with van der Waals surface area (Å²) in [7, 11) is 0. The van der Waals surface area contributed by atoms with Gasteiger partial charge in [-0.3, -0.25) is 10.1 Å². The normalized spacial score (nSPS) is 13.2. The topological polar surface area (TPSA) is 64.4 Å². The van der Waals surface area contributed by atoms with Crippen LogP contribution >= 0.6 is 12.4 Å². The first-order valence-corrected chi connectivity index (χ1v) is 8.20. The highest BCUT2D eigenvalue weighted by Gasteiger charge is 2.19. The summed E-state index contributed by atoms with van der Waals surface area (Å²) in [5.41, 5.74) is 0.763. The first-order valence-electron chi connectivity index (χ1n) is 8.20. The van der Waals surface area contributed by atoms with E-state index >= 15 is 0 Å². The Labute approximate surface area is 145 Å². The molecule has 0 aromatic heterocycles. The highest BCUT2D eigenvalue weighted by Crippen LogP contribution is 2.24. The van der Waals surface area contributed by atoms with Crippen LogP contribution in [0.25, 0.3) is 0 Å². The number of hydrogen-bond acceptors (Lipinski definition) is 4. The van der Waals surface area contributed by atoms with Crippen molar-refractivity contribution in [2.45, 2.75) is 59.0 Å². The number of nitro groups is 1. The average Bonchev–Trinajstić information content (AvgIpc) is 2.44. The Kier molecular flexibility index (Phi) is 11.4. The molecule has 0 radical (unpaired) electrons. The zero-order valence-electron chi connectivity index (χ0n) is 14.3. The van der Waals surface area contributed by atoms with Crippen LogP contribution in [0.2, 0.25) is 0 Å². The summed E-state index contributed by atoms with van der Waals surface area (Å²) in [6, 6.07) is 4.83. The van der Waals surface area contributed by atoms with Crippen LogP contribution in [0, 0.1) is 17.0 Å². The largest absolute Gasteiger partial charge is 0.488 e. The summed E-state index contributed by atoms with van der Waals surface area (Å²) in [5.74, 6) is 0.699. The van der Waals surface area contributed by atoms with Crippen LogP contribution in [0.3, 0.4) is 0 Å². The Morgan fingerprint density at radius 1 is 1.22 bits per heavy atom. The second kappa shape index (κ2) is 12.1. The smallest absolute Gasteiger partial charge is 0.272 e. The van der Waals surface area contributed by atoms with Crippen molar-refractivity contribution in [1.29, 1.82) is 0 Å². The molecule has 0 unspecified atom stereocenters. The first-order chi connectivity index (χ1) is 10.6. The molecule has 0 saturated carbocycles. The number of hydrogen-bond donors (Lipinski definition) is 1. The van der Waals surface area contributed by atoms with Crippen LogP contribution in [0.4, 0.5) is 5.69 Å². The molecule has 2 rings (SSSR count). The molecule has 1 aromatic carbocycles. The molecule has 0 amide bonds. The van der Waals surface area contributed by atoms with Crippen molar-refractivity contribution in [2.24, 2.45) is 0 Å². The van der Waals surface area contributed by atoms with Crippen molar-refractivity contribution in [1.82, 2.24) is 5.32 Å². The van der Waals surface area contributed by atoms with Crippen molar-refractivity contribution in [3.63, 3.8) is 0 Å². The van der Waals surface area contributed by atoms with E-state index in [-0.39, 0.29) is 29.1 Å². The van der Waals surface area contributed by atoms with Gasteiger partial charge in [-0.1, -0.05) is 46.0 Å². The third-order valence-corrected chi connectivity index (χ3v) is 3.62. The molecule has 1 fully saturated rings. The third kappa shape index (κ3) is 8.18. The quantitative estimate of drug-likeness (QED) is 0.444. The number of ether oxygens (including phenoxy) is 1. The van der Waals surface area contributed by atoms with Gasteiger partial charge in [0.25, 0.3) is 5.69 Å². The molecular formula is C17H29ClN2O3. The molecule has 1 aliphatic heterocycles. The summed E-state index contributed by atoms with van der Waals surface area (Å²) < 4.78 is 5.58. The van der Waals surface area contributed by atoms with Crippen molar-refractivity contribution in [3.05, 3.63) is 33.9 Å². The van der Waals surface area contributed by atoms with Gasteiger partial charge in [-0.25, -0.2) is 0 Å². The molecule has 1 heterocycles. The zero-order valence-corrected chi connectivity index (χ0v) is 15.2. The highest BCUT2D eigenvalue weighted by molar-refractivity contribution is 5.85. The molecule has 1 saturated heterocycles. The van der Waals surface area contributed by atoms with Crippen LogP contribution in [0.5, 0.6) is 5.75 Å². The number of aryl methyl sites for hydroxylation is 1. The summed E-state index contributed by atoms with van der Waals surface area (Å²) in [6.07, 6.45) is 7.21. The lowest BCUT2D eigenvalue weighted by Crippen LogP contribution is -2.50. The summed E-state index contributed by atoms with van der Waals surface area (Å²) in [4.78, 5) is 10.2. The maximum Gasteiger partial charge on any atom is 0.272 e. The fourth-order valence-electron chi connectivity index (χ4n) is 2.12. The second-order valence-corrected chi connectivity index (χ2v) is 5.66. The lowest BCUT2D eigenvalue weighted by atomic mass is 10.2. The number of nitro benzene ring substituents is 1. The summed E-state index contributed by atoms with van der Waals surface area (Å²) in [5, 5.41) is 13.7. The molecule has 0 bridgehead atoms. The number of unbranched alkanes of at least 4 members (excludes halogenated alkanes) is 4. The van der Waals surface area contributed by atoms with E-state index in [9.17, 15) is 10.1 Å². The Morgan fingerprint density at radius 3 is 2.22 bits per heavy atom. The number of benzene rings is 1. The van der Waals surface area contributed by atoms with Gasteiger partial charge in [0.15, 0.2) is 0 Å². The molecule has 132 valence electrons. The maximum absolute atomic E-state index is 10.6. The molecule has 0 aliphatic carbocycles. The second-order valence-electron chi connectivity index (χ2n) is 5.66. The van der Waals surface area contributed by atoms with E-state index in [1.807, 2.05) is 0 Å². The Balaban J connectivity index is 0.000000522. The van der Waals surface area contributed by atoms with Crippen molar-refractivity contribution in [3.8, 4) is 5.75 Å². The Bertz CT molecular complexity index is 461. The van der Waals surface area contributed by atoms with E-state index in [1.165, 1.54) is 38.2 Å². The number of rotatable bonds is 7. The van der Waals surface area contributed by atoms with Crippen molar-refractivity contribution < 1.29 is 9.66 Å². The standard InChI is InChI=1S/C10H12N2O3.C7H16.ClH/c1-7-4-8(15-9-5-11-6-9)2-3-10(7)12(13)14;1-3-5-7-6-4-2;/h2-4,9,11H,5-6H2,1H3;3-7H2,1-2H3;1H. The van der Waals surface area contributed by atoms with Gasteiger partial charge in [-0.05, 0) is 19.1 Å². The average molecular weight is 345 g/mol. The van der Waals surface area contributed by atoms with Gasteiger partial charge in [0.1, 0.15) is 11.9 Å². The lowest BCUT2D eigenvalue weighted by molar-refractivity contribution is -0.385.